The summed E-state index contributed by atoms with van der Waals surface area (Å²) < 4.78 is 32.4. The van der Waals surface area contributed by atoms with E-state index >= 15 is 0 Å². The fraction of sp³-hybridized carbons (Fsp3) is 0.382. The van der Waals surface area contributed by atoms with Crippen molar-refractivity contribution in [3.8, 4) is 34.5 Å². The predicted molar refractivity (Wildman–Crippen MR) is 177 cm³/mol. The Hall–Kier alpha value is -4.65. The van der Waals surface area contributed by atoms with Gasteiger partial charge in [-0.2, -0.15) is 0 Å². The SMILES string of the molecule is COCC(COCC(CN=Cc1ccc(OC)cc1O)(CN=Cc1ccc(OC)cc1O)CN=Cc1ccc(OC)cc1O)OC. The van der Waals surface area contributed by atoms with Crippen LogP contribution in [-0.2, 0) is 14.2 Å². The lowest BCUT2D eigenvalue weighted by Gasteiger charge is -2.29. The highest BCUT2D eigenvalue weighted by atomic mass is 16.5. The van der Waals surface area contributed by atoms with Gasteiger partial charge in [-0.3, -0.25) is 15.0 Å². The van der Waals surface area contributed by atoms with Crippen LogP contribution in [0.4, 0.5) is 0 Å². The minimum Gasteiger partial charge on any atom is -0.507 e. The molecule has 0 radical (unpaired) electrons. The molecule has 0 aliphatic rings. The summed E-state index contributed by atoms with van der Waals surface area (Å²) in [5, 5.41) is 31.4. The van der Waals surface area contributed by atoms with Gasteiger partial charge in [0, 0.05) is 67.8 Å². The van der Waals surface area contributed by atoms with Crippen molar-refractivity contribution in [2.24, 2.45) is 20.4 Å². The van der Waals surface area contributed by atoms with Gasteiger partial charge in [0.05, 0.1) is 66.2 Å². The maximum Gasteiger partial charge on any atom is 0.128 e. The molecule has 0 spiro atoms. The molecule has 248 valence electrons. The van der Waals surface area contributed by atoms with Crippen LogP contribution in [0.15, 0.2) is 69.6 Å². The first kappa shape index (κ1) is 35.8. The summed E-state index contributed by atoms with van der Waals surface area (Å²) in [5.41, 5.74) is 0.733. The largest absolute Gasteiger partial charge is 0.507 e. The van der Waals surface area contributed by atoms with Gasteiger partial charge in [0.2, 0.25) is 0 Å². The summed E-state index contributed by atoms with van der Waals surface area (Å²) in [6.07, 6.45) is 4.43. The topological polar surface area (TPSA) is 153 Å². The molecule has 0 amide bonds. The number of phenols is 3. The van der Waals surface area contributed by atoms with Crippen LogP contribution in [0, 0.1) is 5.41 Å². The van der Waals surface area contributed by atoms with Crippen LogP contribution in [0.5, 0.6) is 34.5 Å². The number of hydrogen-bond acceptors (Lipinski definition) is 12. The third kappa shape index (κ3) is 10.8. The lowest BCUT2D eigenvalue weighted by atomic mass is 9.89. The summed E-state index contributed by atoms with van der Waals surface area (Å²) >= 11 is 0. The Balaban J connectivity index is 1.95. The lowest BCUT2D eigenvalue weighted by molar-refractivity contribution is -0.0468. The minimum absolute atomic E-state index is 0.0217. The molecule has 0 fully saturated rings. The minimum atomic E-state index is -0.791. The average Bonchev–Trinajstić information content (AvgIpc) is 3.06. The number of aromatic hydroxyl groups is 3. The van der Waals surface area contributed by atoms with E-state index in [1.807, 2.05) is 0 Å². The molecule has 1 unspecified atom stereocenters. The molecule has 0 aromatic heterocycles. The average molecular weight is 638 g/mol. The Morgan fingerprint density at radius 2 is 1.00 bits per heavy atom. The molecule has 12 heteroatoms. The van der Waals surface area contributed by atoms with E-state index in [9.17, 15) is 15.3 Å². The van der Waals surface area contributed by atoms with Crippen LogP contribution in [0.25, 0.3) is 0 Å². The van der Waals surface area contributed by atoms with Crippen LogP contribution in [0.1, 0.15) is 16.7 Å². The van der Waals surface area contributed by atoms with E-state index < -0.39 is 5.41 Å². The van der Waals surface area contributed by atoms with Gasteiger partial charge in [-0.05, 0) is 36.4 Å². The molecule has 3 rings (SSSR count). The second-order valence-electron chi connectivity index (χ2n) is 10.5. The van der Waals surface area contributed by atoms with Gasteiger partial charge in [-0.25, -0.2) is 0 Å². The van der Waals surface area contributed by atoms with E-state index in [-0.39, 0.29) is 56.2 Å². The highest BCUT2D eigenvalue weighted by Crippen LogP contribution is 2.26. The monoisotopic (exact) mass is 637 g/mol. The standard InChI is InChI=1S/C34H43N3O9/c1-41-18-30(45-5)19-46-23-34(20-35-15-24-6-9-27(42-2)12-31(24)38,21-36-16-25-7-10-28(43-3)13-32(25)39)22-37-17-26-8-11-29(44-4)14-33(26)40/h6-17,30,38-40H,18-23H2,1-5H3. The summed E-state index contributed by atoms with van der Waals surface area (Å²) in [7, 11) is 7.75. The third-order valence-corrected chi connectivity index (χ3v) is 7.08. The third-order valence-electron chi connectivity index (χ3n) is 7.08. The Morgan fingerprint density at radius 3 is 1.30 bits per heavy atom. The first-order chi connectivity index (χ1) is 22.3. The summed E-state index contributed by atoms with van der Waals surface area (Å²) in [4.78, 5) is 14.0. The van der Waals surface area contributed by atoms with Crippen molar-refractivity contribution < 1.29 is 43.7 Å². The Labute approximate surface area is 269 Å². The van der Waals surface area contributed by atoms with Crippen molar-refractivity contribution in [3.05, 3.63) is 71.3 Å². The highest BCUT2D eigenvalue weighted by molar-refractivity contribution is 5.85. The number of hydrogen-bond donors (Lipinski definition) is 3. The molecule has 0 saturated carbocycles. The molecule has 0 bridgehead atoms. The zero-order valence-electron chi connectivity index (χ0n) is 26.9. The van der Waals surface area contributed by atoms with Crippen LogP contribution < -0.4 is 14.2 Å². The number of benzene rings is 3. The Kier molecular flexibility index (Phi) is 14.3. The number of phenolic OH excluding ortho intramolecular Hbond substituents is 3. The van der Waals surface area contributed by atoms with Gasteiger partial charge in [-0.15, -0.1) is 0 Å². The smallest absolute Gasteiger partial charge is 0.128 e. The van der Waals surface area contributed by atoms with E-state index in [4.69, 9.17) is 28.4 Å². The molecule has 0 heterocycles. The quantitative estimate of drug-likeness (QED) is 0.165. The summed E-state index contributed by atoms with van der Waals surface area (Å²) in [5.74, 6) is 1.63. The number of ether oxygens (including phenoxy) is 6. The van der Waals surface area contributed by atoms with Crippen LogP contribution in [0.2, 0.25) is 0 Å². The van der Waals surface area contributed by atoms with E-state index in [2.05, 4.69) is 15.0 Å². The lowest BCUT2D eigenvalue weighted by Crippen LogP contribution is -2.38. The first-order valence-electron chi connectivity index (χ1n) is 14.5. The first-order valence-corrected chi connectivity index (χ1v) is 14.5. The molecular formula is C34H43N3O9. The van der Waals surface area contributed by atoms with Crippen molar-refractivity contribution in [1.82, 2.24) is 0 Å². The van der Waals surface area contributed by atoms with E-state index in [1.54, 1.807) is 69.3 Å². The van der Waals surface area contributed by atoms with Gasteiger partial charge in [0.15, 0.2) is 0 Å². The van der Waals surface area contributed by atoms with Crippen LogP contribution in [0.3, 0.4) is 0 Å². The van der Waals surface area contributed by atoms with Crippen LogP contribution in [-0.4, -0.2) is 115 Å². The number of aliphatic imine (C=N–C) groups is 3. The molecule has 3 N–H and O–H groups in total. The second-order valence-corrected chi connectivity index (χ2v) is 10.5. The summed E-state index contributed by atoms with van der Waals surface area (Å²) in [6, 6.07) is 14.8. The van der Waals surface area contributed by atoms with Crippen molar-refractivity contribution >= 4 is 18.6 Å². The van der Waals surface area contributed by atoms with Crippen molar-refractivity contribution in [2.45, 2.75) is 6.10 Å². The molecule has 46 heavy (non-hydrogen) atoms. The molecule has 12 nitrogen and oxygen atoms in total. The van der Waals surface area contributed by atoms with Crippen LogP contribution >= 0.6 is 0 Å². The number of rotatable bonds is 19. The fourth-order valence-electron chi connectivity index (χ4n) is 4.36. The van der Waals surface area contributed by atoms with Gasteiger partial charge in [-0.1, -0.05) is 0 Å². The zero-order chi connectivity index (χ0) is 33.4. The zero-order valence-corrected chi connectivity index (χ0v) is 26.9. The normalized spacial score (nSPS) is 13.8. The van der Waals surface area contributed by atoms with E-state index in [1.165, 1.54) is 39.5 Å². The Morgan fingerprint density at radius 1 is 0.609 bits per heavy atom. The number of nitrogens with zero attached hydrogens (tertiary/aromatic N) is 3. The second kappa shape index (κ2) is 18.4. The van der Waals surface area contributed by atoms with Crippen molar-refractivity contribution in [1.29, 1.82) is 0 Å². The van der Waals surface area contributed by atoms with Gasteiger partial charge >= 0.3 is 0 Å². The maximum absolute atomic E-state index is 10.5. The molecule has 3 aromatic rings. The van der Waals surface area contributed by atoms with Gasteiger partial charge < -0.3 is 43.7 Å². The molecule has 1 atom stereocenters. The number of methoxy groups -OCH3 is 5. The van der Waals surface area contributed by atoms with E-state index in [0.29, 0.717) is 40.5 Å². The van der Waals surface area contributed by atoms with Gasteiger partial charge in [0.1, 0.15) is 40.6 Å². The molecule has 0 saturated heterocycles. The molecular weight excluding hydrogens is 594 g/mol. The molecule has 3 aromatic carbocycles. The van der Waals surface area contributed by atoms with Crippen molar-refractivity contribution in [3.63, 3.8) is 0 Å². The summed E-state index contributed by atoms with van der Waals surface area (Å²) in [6.45, 7) is 1.40. The predicted octanol–water partition coefficient (Wildman–Crippen LogP) is 4.15. The fourth-order valence-corrected chi connectivity index (χ4v) is 4.36. The van der Waals surface area contributed by atoms with E-state index in [0.717, 1.165) is 0 Å². The van der Waals surface area contributed by atoms with Crippen molar-refractivity contribution in [2.75, 3.05) is 75.0 Å². The molecule has 0 aliphatic heterocycles. The maximum atomic E-state index is 10.5. The highest BCUT2D eigenvalue weighted by Gasteiger charge is 2.31. The van der Waals surface area contributed by atoms with Gasteiger partial charge in [0.25, 0.3) is 0 Å². The molecule has 0 aliphatic carbocycles. The Bertz CT molecular complexity index is 1320.